The van der Waals surface area contributed by atoms with Crippen LogP contribution in [0.25, 0.3) is 0 Å². The summed E-state index contributed by atoms with van der Waals surface area (Å²) in [6.45, 7) is 0. The number of carbonyl (C=O) groups excluding carboxylic acids is 1. The highest BCUT2D eigenvalue weighted by atomic mass is 19.1. The van der Waals surface area contributed by atoms with Gasteiger partial charge in [-0.2, -0.15) is 5.26 Å². The molecule has 0 aliphatic heterocycles. The van der Waals surface area contributed by atoms with Crippen molar-refractivity contribution in [2.75, 3.05) is 0 Å². The molecule has 0 unspecified atom stereocenters. The summed E-state index contributed by atoms with van der Waals surface area (Å²) in [5.41, 5.74) is 0.286. The van der Waals surface area contributed by atoms with E-state index in [4.69, 9.17) is 5.26 Å². The SMILES string of the molecule is N#C[C@@H](NC(=O)c1ccccc1F)c1ccc(F)cc1. The maximum atomic E-state index is 13.5. The van der Waals surface area contributed by atoms with Crippen molar-refractivity contribution in [2.24, 2.45) is 0 Å². The van der Waals surface area contributed by atoms with Crippen LogP contribution < -0.4 is 5.32 Å². The van der Waals surface area contributed by atoms with Crippen LogP contribution in [0.4, 0.5) is 8.78 Å². The van der Waals surface area contributed by atoms with E-state index in [2.05, 4.69) is 5.32 Å². The number of nitrogens with zero attached hydrogens (tertiary/aromatic N) is 1. The van der Waals surface area contributed by atoms with Crippen molar-refractivity contribution in [3.05, 3.63) is 71.3 Å². The maximum absolute atomic E-state index is 13.5. The number of nitriles is 1. The topological polar surface area (TPSA) is 52.9 Å². The maximum Gasteiger partial charge on any atom is 0.255 e. The molecule has 0 aliphatic rings. The molecule has 0 saturated heterocycles. The molecule has 3 nitrogen and oxygen atoms in total. The van der Waals surface area contributed by atoms with E-state index in [1.165, 1.54) is 42.5 Å². The van der Waals surface area contributed by atoms with Gasteiger partial charge in [0.15, 0.2) is 0 Å². The minimum Gasteiger partial charge on any atom is -0.332 e. The third-order valence-corrected chi connectivity index (χ3v) is 2.73. The molecule has 0 fully saturated rings. The summed E-state index contributed by atoms with van der Waals surface area (Å²) in [4.78, 5) is 11.9. The van der Waals surface area contributed by atoms with Crippen LogP contribution >= 0.6 is 0 Å². The van der Waals surface area contributed by atoms with Gasteiger partial charge >= 0.3 is 0 Å². The first-order chi connectivity index (χ1) is 9.61. The molecule has 0 aromatic heterocycles. The van der Waals surface area contributed by atoms with Crippen molar-refractivity contribution in [3.8, 4) is 6.07 Å². The van der Waals surface area contributed by atoms with Gasteiger partial charge in [0.05, 0.1) is 11.6 Å². The van der Waals surface area contributed by atoms with Gasteiger partial charge < -0.3 is 5.32 Å². The Hall–Kier alpha value is -2.74. The minimum atomic E-state index is -0.970. The fourth-order valence-electron chi connectivity index (χ4n) is 1.70. The number of halogens is 2. The van der Waals surface area contributed by atoms with E-state index in [1.54, 1.807) is 0 Å². The highest BCUT2D eigenvalue weighted by molar-refractivity contribution is 5.94. The fourth-order valence-corrected chi connectivity index (χ4v) is 1.70. The highest BCUT2D eigenvalue weighted by Crippen LogP contribution is 2.14. The van der Waals surface area contributed by atoms with Crippen LogP contribution in [-0.2, 0) is 0 Å². The second-order valence-corrected chi connectivity index (χ2v) is 4.07. The summed E-state index contributed by atoms with van der Waals surface area (Å²) in [5, 5.41) is 11.5. The Bertz CT molecular complexity index is 662. The normalized spacial score (nSPS) is 11.4. The molecular formula is C15H10F2N2O. The Kier molecular flexibility index (Phi) is 4.06. The summed E-state index contributed by atoms with van der Waals surface area (Å²) in [5.74, 6) is -1.80. The first-order valence-corrected chi connectivity index (χ1v) is 5.82. The zero-order valence-corrected chi connectivity index (χ0v) is 10.3. The smallest absolute Gasteiger partial charge is 0.255 e. The van der Waals surface area contributed by atoms with E-state index in [-0.39, 0.29) is 5.56 Å². The quantitative estimate of drug-likeness (QED) is 0.933. The van der Waals surface area contributed by atoms with Gasteiger partial charge in [-0.15, -0.1) is 0 Å². The van der Waals surface area contributed by atoms with Crippen LogP contribution in [0.1, 0.15) is 22.0 Å². The molecule has 0 spiro atoms. The Morgan fingerprint density at radius 1 is 1.10 bits per heavy atom. The number of carbonyl (C=O) groups is 1. The monoisotopic (exact) mass is 272 g/mol. The molecule has 2 aromatic rings. The van der Waals surface area contributed by atoms with Gasteiger partial charge in [0, 0.05) is 0 Å². The number of amides is 1. The van der Waals surface area contributed by atoms with E-state index < -0.39 is 23.6 Å². The molecular weight excluding hydrogens is 262 g/mol. The van der Waals surface area contributed by atoms with Gasteiger partial charge in [-0.3, -0.25) is 4.79 Å². The van der Waals surface area contributed by atoms with Gasteiger partial charge in [-0.1, -0.05) is 24.3 Å². The Balaban J connectivity index is 2.19. The molecule has 1 N–H and O–H groups in total. The number of rotatable bonds is 3. The lowest BCUT2D eigenvalue weighted by Gasteiger charge is -2.12. The number of nitrogens with one attached hydrogen (secondary N) is 1. The Morgan fingerprint density at radius 2 is 1.75 bits per heavy atom. The van der Waals surface area contributed by atoms with Crippen LogP contribution in [0.2, 0.25) is 0 Å². The molecule has 0 aliphatic carbocycles. The van der Waals surface area contributed by atoms with E-state index in [1.807, 2.05) is 6.07 Å². The van der Waals surface area contributed by atoms with Crippen LogP contribution in [0.5, 0.6) is 0 Å². The van der Waals surface area contributed by atoms with Gasteiger partial charge in [0.1, 0.15) is 17.7 Å². The van der Waals surface area contributed by atoms with Crippen LogP contribution in [0.15, 0.2) is 48.5 Å². The van der Waals surface area contributed by atoms with Crippen LogP contribution in [0, 0.1) is 23.0 Å². The predicted molar refractivity (Wildman–Crippen MR) is 68.6 cm³/mol. The molecule has 0 heterocycles. The number of hydrogen-bond acceptors (Lipinski definition) is 2. The fraction of sp³-hybridized carbons (Fsp3) is 0.0667. The second-order valence-electron chi connectivity index (χ2n) is 4.07. The molecule has 20 heavy (non-hydrogen) atoms. The molecule has 1 amide bonds. The average Bonchev–Trinajstić information content (AvgIpc) is 2.46. The molecule has 0 bridgehead atoms. The summed E-state index contributed by atoms with van der Waals surface area (Å²) >= 11 is 0. The molecule has 0 saturated carbocycles. The van der Waals surface area contributed by atoms with Gasteiger partial charge in [-0.25, -0.2) is 8.78 Å². The first-order valence-electron chi connectivity index (χ1n) is 5.82. The zero-order chi connectivity index (χ0) is 14.5. The average molecular weight is 272 g/mol. The van der Waals surface area contributed by atoms with E-state index >= 15 is 0 Å². The van der Waals surface area contributed by atoms with Crippen molar-refractivity contribution in [1.29, 1.82) is 5.26 Å². The van der Waals surface area contributed by atoms with Crippen molar-refractivity contribution in [2.45, 2.75) is 6.04 Å². The van der Waals surface area contributed by atoms with Crippen molar-refractivity contribution >= 4 is 5.91 Å². The van der Waals surface area contributed by atoms with Crippen LogP contribution in [-0.4, -0.2) is 5.91 Å². The number of benzene rings is 2. The summed E-state index contributed by atoms with van der Waals surface area (Å²) in [6.07, 6.45) is 0. The van der Waals surface area contributed by atoms with Crippen molar-refractivity contribution in [3.63, 3.8) is 0 Å². The lowest BCUT2D eigenvalue weighted by atomic mass is 10.1. The molecule has 2 rings (SSSR count). The molecule has 100 valence electrons. The van der Waals surface area contributed by atoms with Gasteiger partial charge in [-0.05, 0) is 29.8 Å². The Labute approximate surface area is 114 Å². The standard InChI is InChI=1S/C15H10F2N2O/c16-11-7-5-10(6-8-11)14(9-18)19-15(20)12-3-1-2-4-13(12)17/h1-8,14H,(H,19,20)/t14-/m1/s1. The molecule has 5 heteroatoms. The largest absolute Gasteiger partial charge is 0.332 e. The van der Waals surface area contributed by atoms with Crippen molar-refractivity contribution in [1.82, 2.24) is 5.32 Å². The summed E-state index contributed by atoms with van der Waals surface area (Å²) in [6, 6.07) is 11.6. The molecule has 0 radical (unpaired) electrons. The first kappa shape index (κ1) is 13.7. The third kappa shape index (κ3) is 2.98. The van der Waals surface area contributed by atoms with E-state index in [0.717, 1.165) is 6.07 Å². The zero-order valence-electron chi connectivity index (χ0n) is 10.3. The van der Waals surface area contributed by atoms with E-state index in [9.17, 15) is 13.6 Å². The van der Waals surface area contributed by atoms with E-state index in [0.29, 0.717) is 5.56 Å². The second kappa shape index (κ2) is 5.93. The van der Waals surface area contributed by atoms with Gasteiger partial charge in [0.2, 0.25) is 0 Å². The Morgan fingerprint density at radius 3 is 2.35 bits per heavy atom. The predicted octanol–water partition coefficient (Wildman–Crippen LogP) is 2.96. The lowest BCUT2D eigenvalue weighted by Crippen LogP contribution is -2.28. The minimum absolute atomic E-state index is 0.144. The van der Waals surface area contributed by atoms with Gasteiger partial charge in [0.25, 0.3) is 5.91 Å². The lowest BCUT2D eigenvalue weighted by molar-refractivity contribution is 0.0941. The highest BCUT2D eigenvalue weighted by Gasteiger charge is 2.17. The van der Waals surface area contributed by atoms with Crippen molar-refractivity contribution < 1.29 is 13.6 Å². The summed E-state index contributed by atoms with van der Waals surface area (Å²) < 4.78 is 26.3. The molecule has 2 aromatic carbocycles. The third-order valence-electron chi connectivity index (χ3n) is 2.73. The number of hydrogen-bond donors (Lipinski definition) is 1. The summed E-state index contributed by atoms with van der Waals surface area (Å²) in [7, 11) is 0. The molecule has 1 atom stereocenters. The van der Waals surface area contributed by atoms with Crippen LogP contribution in [0.3, 0.4) is 0 Å².